The van der Waals surface area contributed by atoms with Crippen molar-refractivity contribution in [3.05, 3.63) is 35.6 Å². The molecule has 0 aromatic heterocycles. The molecule has 0 aliphatic heterocycles. The van der Waals surface area contributed by atoms with Gasteiger partial charge in [-0.3, -0.25) is 4.79 Å². The maximum atomic E-state index is 12.9. The molecule has 4 heteroatoms. The Balaban J connectivity index is 2.61. The van der Waals surface area contributed by atoms with E-state index in [-0.39, 0.29) is 11.7 Å². The van der Waals surface area contributed by atoms with Crippen molar-refractivity contribution in [3.63, 3.8) is 0 Å². The number of carbonyl (C=O) groups is 1. The van der Waals surface area contributed by atoms with E-state index in [0.29, 0.717) is 6.54 Å². The molecule has 0 heterocycles. The molecule has 1 rings (SSSR count). The molecule has 0 aliphatic rings. The first-order chi connectivity index (χ1) is 8.48. The van der Waals surface area contributed by atoms with Crippen LogP contribution in [0.25, 0.3) is 0 Å². The second-order valence-electron chi connectivity index (χ2n) is 4.74. The molecule has 1 amide bonds. The van der Waals surface area contributed by atoms with Gasteiger partial charge in [0.15, 0.2) is 0 Å². The fourth-order valence-corrected chi connectivity index (χ4v) is 1.66. The summed E-state index contributed by atoms with van der Waals surface area (Å²) in [7, 11) is 0. The summed E-state index contributed by atoms with van der Waals surface area (Å²) in [6.45, 7) is 7.92. The summed E-state index contributed by atoms with van der Waals surface area (Å²) in [6, 6.07) is 6.06. The molecular formula is C14H21FN2O. The third-order valence-corrected chi connectivity index (χ3v) is 2.97. The van der Waals surface area contributed by atoms with Crippen LogP contribution in [0.2, 0.25) is 0 Å². The van der Waals surface area contributed by atoms with Crippen molar-refractivity contribution in [2.24, 2.45) is 0 Å². The molecule has 3 nitrogen and oxygen atoms in total. The lowest BCUT2D eigenvalue weighted by Gasteiger charge is -2.24. The molecule has 100 valence electrons. The van der Waals surface area contributed by atoms with Gasteiger partial charge in [0.2, 0.25) is 5.91 Å². The molecule has 0 saturated heterocycles. The average molecular weight is 252 g/mol. The standard InChI is InChI=1S/C14H21FN2O/c1-4-16-9-10-17-13(18)14(2,3)11-5-7-12(15)8-6-11/h5-8,16H,4,9-10H2,1-3H3,(H,17,18). The Morgan fingerprint density at radius 1 is 1.22 bits per heavy atom. The zero-order chi connectivity index (χ0) is 13.6. The van der Waals surface area contributed by atoms with Gasteiger partial charge in [-0.15, -0.1) is 0 Å². The number of amides is 1. The van der Waals surface area contributed by atoms with Gasteiger partial charge in [-0.1, -0.05) is 19.1 Å². The minimum Gasteiger partial charge on any atom is -0.354 e. The number of benzene rings is 1. The lowest BCUT2D eigenvalue weighted by Crippen LogP contribution is -2.42. The van der Waals surface area contributed by atoms with Crippen LogP contribution in [0.5, 0.6) is 0 Å². The molecule has 0 atom stereocenters. The summed E-state index contributed by atoms with van der Waals surface area (Å²) in [5, 5.41) is 6.01. The zero-order valence-corrected chi connectivity index (χ0v) is 11.2. The van der Waals surface area contributed by atoms with E-state index >= 15 is 0 Å². The van der Waals surface area contributed by atoms with Crippen molar-refractivity contribution in [1.29, 1.82) is 0 Å². The number of halogens is 1. The minimum absolute atomic E-state index is 0.0491. The van der Waals surface area contributed by atoms with Crippen LogP contribution >= 0.6 is 0 Å². The van der Waals surface area contributed by atoms with Crippen molar-refractivity contribution in [3.8, 4) is 0 Å². The Labute approximate surface area is 108 Å². The second-order valence-corrected chi connectivity index (χ2v) is 4.74. The van der Waals surface area contributed by atoms with Crippen LogP contribution in [-0.4, -0.2) is 25.5 Å². The fourth-order valence-electron chi connectivity index (χ4n) is 1.66. The van der Waals surface area contributed by atoms with Crippen molar-refractivity contribution < 1.29 is 9.18 Å². The van der Waals surface area contributed by atoms with Crippen molar-refractivity contribution >= 4 is 5.91 Å². The third kappa shape index (κ3) is 3.81. The summed E-state index contributed by atoms with van der Waals surface area (Å²) in [5.41, 5.74) is 0.157. The zero-order valence-electron chi connectivity index (χ0n) is 11.2. The number of nitrogens with one attached hydrogen (secondary N) is 2. The van der Waals surface area contributed by atoms with E-state index in [2.05, 4.69) is 10.6 Å². The first-order valence-corrected chi connectivity index (χ1v) is 6.23. The van der Waals surface area contributed by atoms with Crippen LogP contribution in [0, 0.1) is 5.82 Å². The molecule has 0 spiro atoms. The first kappa shape index (κ1) is 14.6. The van der Waals surface area contributed by atoms with Crippen LogP contribution < -0.4 is 10.6 Å². The Bertz CT molecular complexity index is 387. The van der Waals surface area contributed by atoms with Crippen LogP contribution in [-0.2, 0) is 10.2 Å². The molecule has 0 saturated carbocycles. The van der Waals surface area contributed by atoms with Gasteiger partial charge in [0.25, 0.3) is 0 Å². The van der Waals surface area contributed by atoms with E-state index in [9.17, 15) is 9.18 Å². The number of rotatable bonds is 6. The molecule has 0 radical (unpaired) electrons. The van der Waals surface area contributed by atoms with E-state index in [4.69, 9.17) is 0 Å². The van der Waals surface area contributed by atoms with Gasteiger partial charge in [0, 0.05) is 13.1 Å². The summed E-state index contributed by atoms with van der Waals surface area (Å²) in [4.78, 5) is 12.1. The number of likely N-dealkylation sites (N-methyl/N-ethyl adjacent to an activating group) is 1. The largest absolute Gasteiger partial charge is 0.354 e. The molecule has 0 aliphatic carbocycles. The monoisotopic (exact) mass is 252 g/mol. The minimum atomic E-state index is -0.653. The first-order valence-electron chi connectivity index (χ1n) is 6.23. The Hall–Kier alpha value is -1.42. The van der Waals surface area contributed by atoms with Gasteiger partial charge in [-0.2, -0.15) is 0 Å². The summed E-state index contributed by atoms with van der Waals surface area (Å²) in [6.07, 6.45) is 0. The van der Waals surface area contributed by atoms with Gasteiger partial charge >= 0.3 is 0 Å². The molecule has 18 heavy (non-hydrogen) atoms. The van der Waals surface area contributed by atoms with Gasteiger partial charge in [-0.05, 0) is 38.1 Å². The average Bonchev–Trinajstić information content (AvgIpc) is 2.35. The third-order valence-electron chi connectivity index (χ3n) is 2.97. The highest BCUT2D eigenvalue weighted by atomic mass is 19.1. The van der Waals surface area contributed by atoms with Crippen LogP contribution in [0.3, 0.4) is 0 Å². The van der Waals surface area contributed by atoms with Gasteiger partial charge in [0.1, 0.15) is 5.82 Å². The maximum Gasteiger partial charge on any atom is 0.230 e. The smallest absolute Gasteiger partial charge is 0.230 e. The van der Waals surface area contributed by atoms with Gasteiger partial charge < -0.3 is 10.6 Å². The number of carbonyl (C=O) groups excluding carboxylic acids is 1. The van der Waals surface area contributed by atoms with E-state index in [0.717, 1.165) is 18.7 Å². The Kier molecular flexibility index (Phi) is 5.28. The van der Waals surface area contributed by atoms with E-state index in [1.54, 1.807) is 12.1 Å². The molecule has 0 bridgehead atoms. The molecule has 1 aromatic rings. The summed E-state index contributed by atoms with van der Waals surface area (Å²) in [5.74, 6) is -0.339. The van der Waals surface area contributed by atoms with Crippen LogP contribution in [0.15, 0.2) is 24.3 Å². The number of hydrogen-bond acceptors (Lipinski definition) is 2. The number of hydrogen-bond donors (Lipinski definition) is 2. The topological polar surface area (TPSA) is 41.1 Å². The lowest BCUT2D eigenvalue weighted by atomic mass is 9.84. The highest BCUT2D eigenvalue weighted by molar-refractivity contribution is 5.87. The lowest BCUT2D eigenvalue weighted by molar-refractivity contribution is -0.125. The van der Waals surface area contributed by atoms with Crippen LogP contribution in [0.1, 0.15) is 26.3 Å². The quantitative estimate of drug-likeness (QED) is 0.758. The maximum absolute atomic E-state index is 12.9. The molecule has 0 fully saturated rings. The molecular weight excluding hydrogens is 231 g/mol. The molecule has 1 aromatic carbocycles. The fraction of sp³-hybridized carbons (Fsp3) is 0.500. The predicted molar refractivity (Wildman–Crippen MR) is 71.0 cm³/mol. The normalized spacial score (nSPS) is 11.3. The Morgan fingerprint density at radius 2 is 1.83 bits per heavy atom. The highest BCUT2D eigenvalue weighted by Crippen LogP contribution is 2.23. The van der Waals surface area contributed by atoms with Crippen molar-refractivity contribution in [1.82, 2.24) is 10.6 Å². The Morgan fingerprint density at radius 3 is 2.39 bits per heavy atom. The molecule has 2 N–H and O–H groups in total. The van der Waals surface area contributed by atoms with Crippen molar-refractivity contribution in [2.45, 2.75) is 26.2 Å². The highest BCUT2D eigenvalue weighted by Gasteiger charge is 2.29. The summed E-state index contributed by atoms with van der Waals surface area (Å²) >= 11 is 0. The molecule has 0 unspecified atom stereocenters. The SMILES string of the molecule is CCNCCNC(=O)C(C)(C)c1ccc(F)cc1. The van der Waals surface area contributed by atoms with Crippen molar-refractivity contribution in [2.75, 3.05) is 19.6 Å². The second kappa shape index (κ2) is 6.50. The van der Waals surface area contributed by atoms with Gasteiger partial charge in [-0.25, -0.2) is 4.39 Å². The predicted octanol–water partition coefficient (Wildman–Crippen LogP) is 1.83. The van der Waals surface area contributed by atoms with E-state index in [1.807, 2.05) is 20.8 Å². The van der Waals surface area contributed by atoms with E-state index in [1.165, 1.54) is 12.1 Å². The van der Waals surface area contributed by atoms with E-state index < -0.39 is 5.41 Å². The van der Waals surface area contributed by atoms with Gasteiger partial charge in [0.05, 0.1) is 5.41 Å². The summed E-state index contributed by atoms with van der Waals surface area (Å²) < 4.78 is 12.9. The van der Waals surface area contributed by atoms with Crippen LogP contribution in [0.4, 0.5) is 4.39 Å².